The standard InChI is InChI=1S/C21H18ClF5N4O3/c1-20(34)6-5-11-15(20)9(21(25,26)27)7-14(29-11)31-13(8-28-19(31)33)18(32)30(2)12-4-3-10(23)16(22)17(12)24/h3-4,7,13,34H,5-6,8H2,1-2H3,(H,28,33)/t13-,20?/m0/s1. The molecule has 2 heterocycles. The molecule has 0 spiro atoms. The first-order chi connectivity index (χ1) is 15.7. The van der Waals surface area contributed by atoms with Gasteiger partial charge in [0.15, 0.2) is 5.82 Å². The summed E-state index contributed by atoms with van der Waals surface area (Å²) in [6.45, 7) is 0.956. The first-order valence-electron chi connectivity index (χ1n) is 10.1. The summed E-state index contributed by atoms with van der Waals surface area (Å²) >= 11 is 5.57. The maximum Gasteiger partial charge on any atom is 0.416 e. The van der Waals surface area contributed by atoms with Crippen LogP contribution in [0.15, 0.2) is 18.2 Å². The molecule has 182 valence electrons. The Labute approximate surface area is 195 Å². The maximum absolute atomic E-state index is 14.4. The van der Waals surface area contributed by atoms with Crippen LogP contribution in [0.25, 0.3) is 0 Å². The third kappa shape index (κ3) is 3.84. The Balaban J connectivity index is 1.76. The Bertz CT molecular complexity index is 1200. The van der Waals surface area contributed by atoms with Crippen LogP contribution in [0.4, 0.5) is 38.3 Å². The largest absolute Gasteiger partial charge is 0.416 e. The lowest BCUT2D eigenvalue weighted by atomic mass is 9.94. The molecule has 7 nitrogen and oxygen atoms in total. The van der Waals surface area contributed by atoms with Crippen molar-refractivity contribution in [3.05, 3.63) is 51.7 Å². The number of pyridine rings is 1. The van der Waals surface area contributed by atoms with Gasteiger partial charge in [0.1, 0.15) is 22.7 Å². The van der Waals surface area contributed by atoms with Gasteiger partial charge in [-0.25, -0.2) is 18.6 Å². The monoisotopic (exact) mass is 504 g/mol. The number of carbonyl (C=O) groups excluding carboxylic acids is 2. The number of rotatable bonds is 3. The van der Waals surface area contributed by atoms with Gasteiger partial charge in [-0.2, -0.15) is 13.2 Å². The molecule has 1 aliphatic heterocycles. The number of urea groups is 1. The lowest BCUT2D eigenvalue weighted by Crippen LogP contribution is -2.47. The minimum atomic E-state index is -4.86. The molecule has 3 amide bonds. The van der Waals surface area contributed by atoms with Crippen molar-refractivity contribution in [3.8, 4) is 0 Å². The van der Waals surface area contributed by atoms with Gasteiger partial charge in [0.25, 0.3) is 5.91 Å². The molecule has 13 heteroatoms. The molecule has 1 fully saturated rings. The van der Waals surface area contributed by atoms with Crippen LogP contribution >= 0.6 is 11.6 Å². The van der Waals surface area contributed by atoms with Crippen LogP contribution in [-0.2, 0) is 23.0 Å². The zero-order valence-corrected chi connectivity index (χ0v) is 18.6. The van der Waals surface area contributed by atoms with Crippen LogP contribution in [0.2, 0.25) is 5.02 Å². The highest BCUT2D eigenvalue weighted by atomic mass is 35.5. The fourth-order valence-corrected chi connectivity index (χ4v) is 4.44. The summed E-state index contributed by atoms with van der Waals surface area (Å²) in [7, 11) is 1.16. The maximum atomic E-state index is 14.4. The summed E-state index contributed by atoms with van der Waals surface area (Å²) in [4.78, 5) is 31.4. The van der Waals surface area contributed by atoms with E-state index in [-0.39, 0.29) is 36.3 Å². The highest BCUT2D eigenvalue weighted by Gasteiger charge is 2.47. The van der Waals surface area contributed by atoms with Crippen molar-refractivity contribution in [3.63, 3.8) is 0 Å². The summed E-state index contributed by atoms with van der Waals surface area (Å²) < 4.78 is 69.5. The molecule has 2 aromatic rings. The highest BCUT2D eigenvalue weighted by Crippen LogP contribution is 2.45. The molecule has 1 aromatic heterocycles. The van der Waals surface area contributed by atoms with E-state index in [0.29, 0.717) is 6.07 Å². The Kier molecular flexibility index (Phi) is 5.72. The quantitative estimate of drug-likeness (QED) is 0.492. The Hall–Kier alpha value is -2.99. The van der Waals surface area contributed by atoms with E-state index in [0.717, 1.165) is 29.0 Å². The summed E-state index contributed by atoms with van der Waals surface area (Å²) in [5, 5.41) is 12.0. The number of fused-ring (bicyclic) bond motifs is 1. The minimum Gasteiger partial charge on any atom is -0.385 e. The number of aromatic nitrogens is 1. The molecule has 4 rings (SSSR count). The van der Waals surface area contributed by atoms with Crippen molar-refractivity contribution in [2.75, 3.05) is 23.4 Å². The van der Waals surface area contributed by atoms with E-state index in [4.69, 9.17) is 11.6 Å². The summed E-state index contributed by atoms with van der Waals surface area (Å²) in [5.74, 6) is -3.56. The molecule has 1 saturated heterocycles. The number of nitrogens with zero attached hydrogens (tertiary/aromatic N) is 3. The lowest BCUT2D eigenvalue weighted by Gasteiger charge is -2.28. The third-order valence-corrected chi connectivity index (χ3v) is 6.34. The first-order valence-corrected chi connectivity index (χ1v) is 10.4. The number of alkyl halides is 3. The molecule has 0 radical (unpaired) electrons. The predicted molar refractivity (Wildman–Crippen MR) is 112 cm³/mol. The molecule has 1 unspecified atom stereocenters. The molecule has 34 heavy (non-hydrogen) atoms. The number of hydrogen-bond donors (Lipinski definition) is 2. The van der Waals surface area contributed by atoms with Gasteiger partial charge in [-0.3, -0.25) is 9.69 Å². The molecule has 1 aliphatic carbocycles. The number of nitrogens with one attached hydrogen (secondary N) is 1. The fraction of sp³-hybridized carbons (Fsp3) is 0.381. The molecule has 0 bridgehead atoms. The Morgan fingerprint density at radius 3 is 2.68 bits per heavy atom. The topological polar surface area (TPSA) is 85.8 Å². The number of likely N-dealkylation sites (N-methyl/N-ethyl adjacent to an activating group) is 1. The van der Waals surface area contributed by atoms with Gasteiger partial charge >= 0.3 is 12.2 Å². The van der Waals surface area contributed by atoms with Crippen molar-refractivity contribution >= 4 is 35.0 Å². The molecular weight excluding hydrogens is 487 g/mol. The molecule has 0 saturated carbocycles. The average Bonchev–Trinajstić information content (AvgIpc) is 3.29. The van der Waals surface area contributed by atoms with E-state index in [2.05, 4.69) is 10.3 Å². The number of anilines is 2. The van der Waals surface area contributed by atoms with Gasteiger partial charge in [-0.05, 0) is 38.0 Å². The van der Waals surface area contributed by atoms with Gasteiger partial charge in [0.05, 0.1) is 16.9 Å². The van der Waals surface area contributed by atoms with Crippen LogP contribution in [-0.4, -0.2) is 41.7 Å². The number of aliphatic hydroxyl groups is 1. The van der Waals surface area contributed by atoms with E-state index >= 15 is 0 Å². The van der Waals surface area contributed by atoms with Gasteiger partial charge in [-0.15, -0.1) is 0 Å². The summed E-state index contributed by atoms with van der Waals surface area (Å²) in [5.41, 5.74) is -3.71. The van der Waals surface area contributed by atoms with Gasteiger partial charge in [0, 0.05) is 24.8 Å². The molecular formula is C21H18ClF5N4O3. The number of aryl methyl sites for hydroxylation is 1. The van der Waals surface area contributed by atoms with E-state index in [9.17, 15) is 36.6 Å². The first kappa shape index (κ1) is 24.1. The van der Waals surface area contributed by atoms with E-state index in [1.54, 1.807) is 0 Å². The van der Waals surface area contributed by atoms with Gasteiger partial charge in [-0.1, -0.05) is 11.6 Å². The number of carbonyl (C=O) groups is 2. The van der Waals surface area contributed by atoms with Crippen molar-refractivity contribution in [1.82, 2.24) is 10.3 Å². The van der Waals surface area contributed by atoms with Crippen molar-refractivity contribution in [2.24, 2.45) is 0 Å². The number of benzene rings is 1. The normalized spacial score (nSPS) is 22.1. The van der Waals surface area contributed by atoms with Crippen molar-refractivity contribution < 1.29 is 36.6 Å². The van der Waals surface area contributed by atoms with Crippen LogP contribution in [0.5, 0.6) is 0 Å². The average molecular weight is 505 g/mol. The van der Waals surface area contributed by atoms with Gasteiger partial charge in [0.2, 0.25) is 0 Å². The van der Waals surface area contributed by atoms with E-state index in [1.807, 2.05) is 0 Å². The molecule has 1 aromatic carbocycles. The predicted octanol–water partition coefficient (Wildman–Crippen LogP) is 3.75. The Morgan fingerprint density at radius 1 is 1.35 bits per heavy atom. The highest BCUT2D eigenvalue weighted by molar-refractivity contribution is 6.31. The SMILES string of the molecule is CN(C(=O)[C@@H]1CNC(=O)N1c1cc(C(F)(F)F)c2c(n1)CCC2(C)O)c1ccc(F)c(Cl)c1F. The molecule has 2 aliphatic rings. The van der Waals surface area contributed by atoms with E-state index in [1.165, 1.54) is 6.92 Å². The number of halogens is 6. The lowest BCUT2D eigenvalue weighted by molar-refractivity contribution is -0.140. The Morgan fingerprint density at radius 2 is 2.03 bits per heavy atom. The van der Waals surface area contributed by atoms with Crippen LogP contribution in [0.3, 0.4) is 0 Å². The third-order valence-electron chi connectivity index (χ3n) is 5.99. The summed E-state index contributed by atoms with van der Waals surface area (Å²) in [6.07, 6.45) is -4.83. The van der Waals surface area contributed by atoms with Crippen molar-refractivity contribution in [2.45, 2.75) is 37.6 Å². The van der Waals surface area contributed by atoms with Crippen LogP contribution in [0, 0.1) is 11.6 Å². The second kappa shape index (κ2) is 8.05. The number of amides is 3. The molecule has 2 atom stereocenters. The smallest absolute Gasteiger partial charge is 0.385 e. The minimum absolute atomic E-state index is 0.00373. The fourth-order valence-electron chi connectivity index (χ4n) is 4.28. The zero-order chi connectivity index (χ0) is 25.2. The second-order valence-corrected chi connectivity index (χ2v) is 8.66. The second-order valence-electron chi connectivity index (χ2n) is 8.28. The van der Waals surface area contributed by atoms with Crippen LogP contribution in [0.1, 0.15) is 30.2 Å². The van der Waals surface area contributed by atoms with Crippen LogP contribution < -0.4 is 15.1 Å². The van der Waals surface area contributed by atoms with E-state index < -0.39 is 57.8 Å². The summed E-state index contributed by atoms with van der Waals surface area (Å²) in [6, 6.07) is 0.174. The van der Waals surface area contributed by atoms with Crippen molar-refractivity contribution in [1.29, 1.82) is 0 Å². The molecule has 2 N–H and O–H groups in total. The van der Waals surface area contributed by atoms with Gasteiger partial charge < -0.3 is 15.3 Å². The number of hydrogen-bond acceptors (Lipinski definition) is 4. The zero-order valence-electron chi connectivity index (χ0n) is 17.8.